The van der Waals surface area contributed by atoms with Gasteiger partial charge in [0.1, 0.15) is 0 Å². The van der Waals surface area contributed by atoms with Gasteiger partial charge in [-0.05, 0) is 73.1 Å². The summed E-state index contributed by atoms with van der Waals surface area (Å²) in [5.41, 5.74) is 2.09. The molecule has 262 valence electrons. The Bertz CT molecular complexity index is 1620. The predicted molar refractivity (Wildman–Crippen MR) is 182 cm³/mol. The normalized spacial score (nSPS) is 27.1. The number of allylic oxidation sites excluding steroid dienone is 2. The predicted octanol–water partition coefficient (Wildman–Crippen LogP) is 7.18. The summed E-state index contributed by atoms with van der Waals surface area (Å²) in [5, 5.41) is 20.4. The molecule has 12 heteroatoms. The van der Waals surface area contributed by atoms with E-state index in [-0.39, 0.29) is 58.1 Å². The van der Waals surface area contributed by atoms with Gasteiger partial charge in [0.05, 0.1) is 35.0 Å². The Kier molecular flexibility index (Phi) is 12.5. The average molecular weight is 677 g/mol. The van der Waals surface area contributed by atoms with Crippen molar-refractivity contribution in [3.8, 4) is 0 Å². The van der Waals surface area contributed by atoms with E-state index in [1.807, 2.05) is 6.92 Å². The quantitative estimate of drug-likeness (QED) is 0.0730. The molecule has 0 aliphatic heterocycles. The van der Waals surface area contributed by atoms with Crippen LogP contribution >= 0.6 is 0 Å². The minimum Gasteiger partial charge on any atom is -0.467 e. The number of rotatable bonds is 7. The van der Waals surface area contributed by atoms with E-state index in [0.29, 0.717) is 23.2 Å². The van der Waals surface area contributed by atoms with E-state index in [1.165, 1.54) is 43.5 Å². The maximum Gasteiger partial charge on any atom is 0.337 e. The van der Waals surface area contributed by atoms with Crippen molar-refractivity contribution in [1.82, 2.24) is 0 Å². The molecule has 0 heterocycles. The first-order chi connectivity index (χ1) is 23.1. The van der Waals surface area contributed by atoms with Crippen LogP contribution in [0.2, 0.25) is 0 Å². The number of carbonyl (C=O) groups is 4. The summed E-state index contributed by atoms with van der Waals surface area (Å²) >= 11 is 0. The maximum atomic E-state index is 13.2. The number of hydrogen-bond donors (Lipinski definition) is 0. The van der Waals surface area contributed by atoms with E-state index < -0.39 is 21.7 Å². The molecule has 4 unspecified atom stereocenters. The molecule has 3 aliphatic carbocycles. The van der Waals surface area contributed by atoms with Gasteiger partial charge in [-0.15, -0.1) is 0 Å². The van der Waals surface area contributed by atoms with Crippen LogP contribution in [0.15, 0.2) is 72.8 Å². The van der Waals surface area contributed by atoms with Crippen LogP contribution < -0.4 is 0 Å². The molecule has 0 radical (unpaired) electrons. The first-order valence-electron chi connectivity index (χ1n) is 16.1. The fraction of sp³-hybridized carbons (Fsp3) is 0.459. The van der Waals surface area contributed by atoms with Crippen LogP contribution in [-0.4, -0.2) is 47.6 Å². The van der Waals surface area contributed by atoms with Crippen molar-refractivity contribution < 1.29 is 38.5 Å². The van der Waals surface area contributed by atoms with Gasteiger partial charge in [-0.3, -0.25) is 34.6 Å². The highest BCUT2D eigenvalue weighted by Gasteiger charge is 2.63. The maximum absolute atomic E-state index is 13.2. The number of nitro benzene ring substituents is 2. The summed E-state index contributed by atoms with van der Waals surface area (Å²) in [6, 6.07) is 11.6. The molecule has 49 heavy (non-hydrogen) atoms. The Labute approximate surface area is 285 Å². The largest absolute Gasteiger partial charge is 0.467 e. The van der Waals surface area contributed by atoms with Crippen molar-refractivity contribution >= 4 is 35.4 Å². The topological polar surface area (TPSA) is 173 Å². The third-order valence-electron chi connectivity index (χ3n) is 10.4. The van der Waals surface area contributed by atoms with Gasteiger partial charge in [-0.25, -0.2) is 4.79 Å². The van der Waals surface area contributed by atoms with Crippen molar-refractivity contribution in [3.05, 3.63) is 104 Å². The summed E-state index contributed by atoms with van der Waals surface area (Å²) in [7, 11) is 1.25. The molecule has 6 atom stereocenters. The SMILES string of the molecule is C=C1C(=O)C2C(=O)C(=C)[C@@H](CC)CC2C2(C)CCC[C@@](C)(COC=O)C12.COC(=O)c1ccc([N+](=O)[O-])cc1.Cc1ccc([N+](=O)[O-])cc1. The van der Waals surface area contributed by atoms with Crippen molar-refractivity contribution in [3.63, 3.8) is 0 Å². The molecule has 0 N–H and O–H groups in total. The summed E-state index contributed by atoms with van der Waals surface area (Å²) < 4.78 is 9.58. The molecule has 3 aliphatic rings. The molecule has 0 bridgehead atoms. The van der Waals surface area contributed by atoms with Crippen molar-refractivity contribution in [2.75, 3.05) is 13.7 Å². The lowest BCUT2D eigenvalue weighted by Crippen LogP contribution is -2.60. The van der Waals surface area contributed by atoms with Crippen LogP contribution in [-0.2, 0) is 23.9 Å². The number of nitro groups is 2. The Morgan fingerprint density at radius 3 is 1.96 bits per heavy atom. The van der Waals surface area contributed by atoms with Crippen LogP contribution in [0.3, 0.4) is 0 Å². The zero-order chi connectivity index (χ0) is 36.7. The number of nitrogens with zero attached hydrogens (tertiary/aromatic N) is 2. The fourth-order valence-corrected chi connectivity index (χ4v) is 7.93. The minimum absolute atomic E-state index is 0.0179. The molecule has 0 spiro atoms. The van der Waals surface area contributed by atoms with Gasteiger partial charge in [-0.2, -0.15) is 0 Å². The van der Waals surface area contributed by atoms with Crippen molar-refractivity contribution in [2.45, 2.75) is 59.8 Å². The lowest BCUT2D eigenvalue weighted by atomic mass is 9.42. The summed E-state index contributed by atoms with van der Waals surface area (Å²) in [6.45, 7) is 17.2. The van der Waals surface area contributed by atoms with Crippen LogP contribution in [0.25, 0.3) is 0 Å². The smallest absolute Gasteiger partial charge is 0.337 e. The zero-order valence-electron chi connectivity index (χ0n) is 28.6. The molecule has 5 rings (SSSR count). The number of benzene rings is 2. The number of ether oxygens (including phenoxy) is 2. The highest BCUT2D eigenvalue weighted by Crippen LogP contribution is 2.64. The third kappa shape index (κ3) is 8.18. The molecule has 0 aromatic heterocycles. The number of ketones is 2. The first kappa shape index (κ1) is 38.4. The van der Waals surface area contributed by atoms with Gasteiger partial charge in [0.25, 0.3) is 17.8 Å². The molecule has 0 saturated heterocycles. The van der Waals surface area contributed by atoms with Crippen LogP contribution in [0, 0.1) is 61.7 Å². The second-order valence-electron chi connectivity index (χ2n) is 13.4. The Hall–Kier alpha value is -5.00. The summed E-state index contributed by atoms with van der Waals surface area (Å²) in [4.78, 5) is 67.3. The third-order valence-corrected chi connectivity index (χ3v) is 10.4. The van der Waals surface area contributed by atoms with Gasteiger partial charge in [0.2, 0.25) is 0 Å². The Balaban J connectivity index is 0.000000234. The van der Waals surface area contributed by atoms with E-state index in [1.54, 1.807) is 12.1 Å². The molecule has 3 fully saturated rings. The molecular formula is C37H44N2O10. The number of methoxy groups -OCH3 is 1. The standard InChI is InChI=1S/C22H30O4.C8H7NO4.C7H7NO2/c1-6-15-10-16-17(18(24)13(15)2)19(25)14(3)20-21(4,11-26-12-23)8-7-9-22(16,20)5;1-13-8(10)6-2-4-7(5-3-6)9(11)12;1-6-2-4-7(5-3-6)8(9)10/h12,15-17,20H,2-3,6-11H2,1,4-5H3;2-5H,1H3;2-5H,1H3/t15-,16?,17?,20?,21-,22?;;/m0../s1. The lowest BCUT2D eigenvalue weighted by molar-refractivity contribution is -0.385. The number of fused-ring (bicyclic) bond motifs is 3. The number of carbonyl (C=O) groups excluding carboxylic acids is 4. The van der Waals surface area contributed by atoms with Crippen molar-refractivity contribution in [2.24, 2.45) is 34.5 Å². The number of hydrogen-bond acceptors (Lipinski definition) is 10. The highest BCUT2D eigenvalue weighted by atomic mass is 16.6. The summed E-state index contributed by atoms with van der Waals surface area (Å²) in [6.07, 6.45) is 4.57. The van der Waals surface area contributed by atoms with E-state index in [9.17, 15) is 39.4 Å². The molecular weight excluding hydrogens is 632 g/mol. The Morgan fingerprint density at radius 1 is 0.939 bits per heavy atom. The van der Waals surface area contributed by atoms with E-state index in [0.717, 1.165) is 37.7 Å². The van der Waals surface area contributed by atoms with Gasteiger partial charge in [-0.1, -0.05) is 58.0 Å². The summed E-state index contributed by atoms with van der Waals surface area (Å²) in [5.74, 6) is -1.20. The first-order valence-corrected chi connectivity index (χ1v) is 16.1. The number of non-ortho nitro benzene ring substituents is 2. The van der Waals surface area contributed by atoms with Gasteiger partial charge in [0, 0.05) is 35.6 Å². The highest BCUT2D eigenvalue weighted by molar-refractivity contribution is 6.17. The number of aryl methyl sites for hydroxylation is 1. The van der Waals surface area contributed by atoms with Crippen LogP contribution in [0.1, 0.15) is 68.8 Å². The number of esters is 1. The Morgan fingerprint density at radius 2 is 1.47 bits per heavy atom. The molecule has 2 aromatic carbocycles. The monoisotopic (exact) mass is 676 g/mol. The zero-order valence-corrected chi connectivity index (χ0v) is 28.6. The van der Waals surface area contributed by atoms with Crippen LogP contribution in [0.4, 0.5) is 11.4 Å². The average Bonchev–Trinajstić information content (AvgIpc) is 3.08. The molecule has 12 nitrogen and oxygen atoms in total. The van der Waals surface area contributed by atoms with Gasteiger partial charge in [0.15, 0.2) is 11.6 Å². The van der Waals surface area contributed by atoms with E-state index >= 15 is 0 Å². The second-order valence-corrected chi connectivity index (χ2v) is 13.4. The van der Waals surface area contributed by atoms with Gasteiger partial charge < -0.3 is 9.47 Å². The minimum atomic E-state index is -0.617. The molecule has 0 amide bonds. The van der Waals surface area contributed by atoms with E-state index in [4.69, 9.17) is 4.74 Å². The van der Waals surface area contributed by atoms with Gasteiger partial charge >= 0.3 is 5.97 Å². The van der Waals surface area contributed by atoms with E-state index in [2.05, 4.69) is 38.7 Å². The number of Topliss-reactive ketones (excluding diaryl/α,β-unsaturated/α-hetero) is 2. The lowest BCUT2D eigenvalue weighted by Gasteiger charge is -2.61. The fourth-order valence-electron chi connectivity index (χ4n) is 7.93. The molecule has 3 saturated carbocycles. The van der Waals surface area contributed by atoms with Crippen LogP contribution in [0.5, 0.6) is 0 Å². The van der Waals surface area contributed by atoms with Crippen molar-refractivity contribution in [1.29, 1.82) is 0 Å². The molecule has 2 aromatic rings. The second kappa shape index (κ2) is 15.9.